The van der Waals surface area contributed by atoms with Crippen molar-refractivity contribution < 1.29 is 17.9 Å². The molecule has 1 aromatic rings. The first-order valence-electron chi connectivity index (χ1n) is 6.89. The Morgan fingerprint density at radius 2 is 2.29 bits per heavy atom. The molecule has 21 heavy (non-hydrogen) atoms. The summed E-state index contributed by atoms with van der Waals surface area (Å²) in [5, 5.41) is 0. The molecule has 7 heteroatoms. The second kappa shape index (κ2) is 6.53. The second-order valence-electron chi connectivity index (χ2n) is 5.32. The van der Waals surface area contributed by atoms with E-state index in [1.807, 2.05) is 0 Å². The molecule has 0 N–H and O–H groups in total. The van der Waals surface area contributed by atoms with Crippen LogP contribution >= 0.6 is 0 Å². The first-order chi connectivity index (χ1) is 9.91. The number of ether oxygens (including phenoxy) is 1. The SMILES string of the molecule is COc1ncccc1C(=O)CC1CCCN(S(C)(=O)=O)C1. The first-order valence-corrected chi connectivity index (χ1v) is 8.74. The van der Waals surface area contributed by atoms with Gasteiger partial charge in [-0.25, -0.2) is 17.7 Å². The van der Waals surface area contributed by atoms with Crippen LogP contribution < -0.4 is 4.74 Å². The van der Waals surface area contributed by atoms with Crippen LogP contribution in [0.1, 0.15) is 29.6 Å². The molecule has 1 aliphatic rings. The fourth-order valence-electron chi connectivity index (χ4n) is 2.63. The molecule has 0 amide bonds. The molecule has 0 radical (unpaired) electrons. The molecule has 0 saturated carbocycles. The highest BCUT2D eigenvalue weighted by Crippen LogP contribution is 2.25. The largest absolute Gasteiger partial charge is 0.480 e. The van der Waals surface area contributed by atoms with Crippen LogP contribution in [0.4, 0.5) is 0 Å². The average molecular weight is 312 g/mol. The minimum atomic E-state index is -3.19. The lowest BCUT2D eigenvalue weighted by Crippen LogP contribution is -2.39. The number of rotatable bonds is 5. The number of ketones is 1. The van der Waals surface area contributed by atoms with Gasteiger partial charge in [0.1, 0.15) is 0 Å². The van der Waals surface area contributed by atoms with Gasteiger partial charge in [-0.2, -0.15) is 0 Å². The van der Waals surface area contributed by atoms with Gasteiger partial charge in [0.2, 0.25) is 15.9 Å². The van der Waals surface area contributed by atoms with Crippen molar-refractivity contribution in [1.29, 1.82) is 0 Å². The number of nitrogens with zero attached hydrogens (tertiary/aromatic N) is 2. The summed E-state index contributed by atoms with van der Waals surface area (Å²) in [6.07, 6.45) is 4.74. The van der Waals surface area contributed by atoms with Gasteiger partial charge in [0.25, 0.3) is 0 Å². The van der Waals surface area contributed by atoms with Crippen molar-refractivity contribution >= 4 is 15.8 Å². The van der Waals surface area contributed by atoms with Crippen LogP contribution in [-0.2, 0) is 10.0 Å². The van der Waals surface area contributed by atoms with E-state index < -0.39 is 10.0 Å². The van der Waals surface area contributed by atoms with Crippen molar-refractivity contribution in [3.8, 4) is 5.88 Å². The summed E-state index contributed by atoms with van der Waals surface area (Å²) in [5.41, 5.74) is 0.455. The fraction of sp³-hybridized carbons (Fsp3) is 0.571. The van der Waals surface area contributed by atoms with E-state index in [0.717, 1.165) is 12.8 Å². The standard InChI is InChI=1S/C14H20N2O4S/c1-20-14-12(6-3-7-15-14)13(17)9-11-5-4-8-16(10-11)21(2,18)19/h3,6-7,11H,4-5,8-10H2,1-2H3. The maximum absolute atomic E-state index is 12.4. The molecular weight excluding hydrogens is 292 g/mol. The van der Waals surface area contributed by atoms with Crippen molar-refractivity contribution in [3.05, 3.63) is 23.9 Å². The molecule has 6 nitrogen and oxygen atoms in total. The van der Waals surface area contributed by atoms with E-state index in [4.69, 9.17) is 4.74 Å². The minimum Gasteiger partial charge on any atom is -0.480 e. The number of piperidine rings is 1. The van der Waals surface area contributed by atoms with Crippen molar-refractivity contribution in [2.75, 3.05) is 26.5 Å². The summed E-state index contributed by atoms with van der Waals surface area (Å²) in [6, 6.07) is 3.38. The number of carbonyl (C=O) groups excluding carboxylic acids is 1. The Bertz CT molecular complexity index is 615. The van der Waals surface area contributed by atoms with E-state index in [2.05, 4.69) is 4.98 Å². The summed E-state index contributed by atoms with van der Waals surface area (Å²) >= 11 is 0. The highest BCUT2D eigenvalue weighted by molar-refractivity contribution is 7.88. The number of aromatic nitrogens is 1. The van der Waals surface area contributed by atoms with E-state index in [0.29, 0.717) is 31.0 Å². The van der Waals surface area contributed by atoms with Crippen molar-refractivity contribution in [2.24, 2.45) is 5.92 Å². The van der Waals surface area contributed by atoms with Gasteiger partial charge in [0.05, 0.1) is 18.9 Å². The van der Waals surface area contributed by atoms with Gasteiger partial charge in [-0.05, 0) is 30.9 Å². The van der Waals surface area contributed by atoms with Gasteiger partial charge in [-0.1, -0.05) is 0 Å². The number of pyridine rings is 1. The normalized spacial score (nSPS) is 20.2. The first kappa shape index (κ1) is 15.9. The lowest BCUT2D eigenvalue weighted by molar-refractivity contribution is 0.0938. The van der Waals surface area contributed by atoms with Crippen molar-refractivity contribution in [1.82, 2.24) is 9.29 Å². The molecule has 1 saturated heterocycles. The third-order valence-electron chi connectivity index (χ3n) is 3.69. The van der Waals surface area contributed by atoms with E-state index in [1.165, 1.54) is 17.7 Å². The van der Waals surface area contributed by atoms with Crippen LogP contribution in [-0.4, -0.2) is 49.9 Å². The van der Waals surface area contributed by atoms with Crippen LogP contribution in [0, 0.1) is 5.92 Å². The lowest BCUT2D eigenvalue weighted by Gasteiger charge is -2.30. The summed E-state index contributed by atoms with van der Waals surface area (Å²) < 4.78 is 29.7. The summed E-state index contributed by atoms with van der Waals surface area (Å²) in [5.74, 6) is 0.310. The maximum atomic E-state index is 12.4. The molecule has 0 spiro atoms. The number of sulfonamides is 1. The van der Waals surface area contributed by atoms with E-state index in [9.17, 15) is 13.2 Å². The predicted molar refractivity (Wildman–Crippen MR) is 78.9 cm³/mol. The predicted octanol–water partition coefficient (Wildman–Crippen LogP) is 1.33. The summed E-state index contributed by atoms with van der Waals surface area (Å²) in [6.45, 7) is 0.951. The molecule has 1 unspecified atom stereocenters. The number of carbonyl (C=O) groups is 1. The van der Waals surface area contributed by atoms with E-state index >= 15 is 0 Å². The van der Waals surface area contributed by atoms with Gasteiger partial charge >= 0.3 is 0 Å². The van der Waals surface area contributed by atoms with E-state index in [-0.39, 0.29) is 11.7 Å². The highest BCUT2D eigenvalue weighted by atomic mass is 32.2. The number of hydrogen-bond donors (Lipinski definition) is 0. The molecule has 1 fully saturated rings. The second-order valence-corrected chi connectivity index (χ2v) is 7.30. The van der Waals surface area contributed by atoms with Crippen LogP contribution in [0.2, 0.25) is 0 Å². The van der Waals surface area contributed by atoms with Gasteiger partial charge in [0, 0.05) is 25.7 Å². The molecule has 1 aliphatic heterocycles. The molecule has 1 atom stereocenters. The zero-order chi connectivity index (χ0) is 15.5. The van der Waals surface area contributed by atoms with Crippen LogP contribution in [0.25, 0.3) is 0 Å². The highest BCUT2D eigenvalue weighted by Gasteiger charge is 2.28. The zero-order valence-corrected chi connectivity index (χ0v) is 13.1. The molecule has 1 aromatic heterocycles. The Labute approximate surface area is 125 Å². The van der Waals surface area contributed by atoms with Gasteiger partial charge in [0.15, 0.2) is 5.78 Å². The minimum absolute atomic E-state index is 0.0471. The van der Waals surface area contributed by atoms with Crippen LogP contribution in [0.3, 0.4) is 0 Å². The molecule has 116 valence electrons. The topological polar surface area (TPSA) is 76.6 Å². The van der Waals surface area contributed by atoms with E-state index in [1.54, 1.807) is 18.3 Å². The zero-order valence-electron chi connectivity index (χ0n) is 12.3. The molecular formula is C14H20N2O4S. The average Bonchev–Trinajstić information content (AvgIpc) is 2.46. The number of methoxy groups -OCH3 is 1. The Morgan fingerprint density at radius 3 is 2.95 bits per heavy atom. The van der Waals surface area contributed by atoms with Gasteiger partial charge in [-0.15, -0.1) is 0 Å². The van der Waals surface area contributed by atoms with Crippen molar-refractivity contribution in [2.45, 2.75) is 19.3 Å². The Hall–Kier alpha value is -1.47. The lowest BCUT2D eigenvalue weighted by atomic mass is 9.92. The molecule has 2 rings (SSSR count). The van der Waals surface area contributed by atoms with Crippen LogP contribution in [0.15, 0.2) is 18.3 Å². The van der Waals surface area contributed by atoms with Crippen LogP contribution in [0.5, 0.6) is 5.88 Å². The van der Waals surface area contributed by atoms with Gasteiger partial charge in [-0.3, -0.25) is 4.79 Å². The van der Waals surface area contributed by atoms with Gasteiger partial charge < -0.3 is 4.74 Å². The number of hydrogen-bond acceptors (Lipinski definition) is 5. The smallest absolute Gasteiger partial charge is 0.224 e. The third-order valence-corrected chi connectivity index (χ3v) is 4.96. The molecule has 0 bridgehead atoms. The summed E-state index contributed by atoms with van der Waals surface area (Å²) in [4.78, 5) is 16.4. The fourth-order valence-corrected chi connectivity index (χ4v) is 3.57. The maximum Gasteiger partial charge on any atom is 0.224 e. The molecule has 2 heterocycles. The quantitative estimate of drug-likeness (QED) is 0.767. The third kappa shape index (κ3) is 4.01. The Morgan fingerprint density at radius 1 is 1.52 bits per heavy atom. The summed E-state index contributed by atoms with van der Waals surface area (Å²) in [7, 11) is -1.71. The Balaban J connectivity index is 2.06. The Kier molecular flexibility index (Phi) is 4.95. The molecule has 0 aliphatic carbocycles. The monoisotopic (exact) mass is 312 g/mol. The van der Waals surface area contributed by atoms with Crippen molar-refractivity contribution in [3.63, 3.8) is 0 Å². The molecule has 0 aromatic carbocycles. The number of Topliss-reactive ketones (excluding diaryl/α,β-unsaturated/α-hetero) is 1.